The second-order valence-electron chi connectivity index (χ2n) is 4.21. The fourth-order valence-corrected chi connectivity index (χ4v) is 3.80. The van der Waals surface area contributed by atoms with Crippen molar-refractivity contribution in [3.8, 4) is 0 Å². The Morgan fingerprint density at radius 2 is 2.00 bits per heavy atom. The van der Waals surface area contributed by atoms with Gasteiger partial charge in [-0.3, -0.25) is 0 Å². The van der Waals surface area contributed by atoms with E-state index in [2.05, 4.69) is 0 Å². The van der Waals surface area contributed by atoms with Gasteiger partial charge in [0.25, 0.3) is 0 Å². The largest absolute Gasteiger partial charge is 0.327 e. The molecule has 0 aliphatic heterocycles. The molecule has 1 unspecified atom stereocenters. The second-order valence-corrected chi connectivity index (χ2v) is 6.62. The summed E-state index contributed by atoms with van der Waals surface area (Å²) in [5.41, 5.74) is 5.83. The van der Waals surface area contributed by atoms with Crippen molar-refractivity contribution in [3.05, 3.63) is 29.3 Å². The van der Waals surface area contributed by atoms with Crippen molar-refractivity contribution in [3.63, 3.8) is 0 Å². The summed E-state index contributed by atoms with van der Waals surface area (Å²) in [6.07, 6.45) is 2.08. The van der Waals surface area contributed by atoms with E-state index >= 15 is 0 Å². The number of hydrogen-bond donors (Lipinski definition) is 1. The number of hydrogen-bond acceptors (Lipinski definition) is 3. The van der Waals surface area contributed by atoms with Crippen LogP contribution in [0.1, 0.15) is 12.8 Å². The zero-order valence-corrected chi connectivity index (χ0v) is 10.3. The molecule has 1 fully saturated rings. The monoisotopic (exact) mass is 259 g/mol. The molecule has 0 radical (unpaired) electrons. The van der Waals surface area contributed by atoms with Gasteiger partial charge < -0.3 is 5.73 Å². The number of nitrogens with two attached hydrogens (primary N) is 1. The maximum atomic E-state index is 12.0. The molecule has 0 spiro atoms. The molecule has 88 valence electrons. The van der Waals surface area contributed by atoms with Crippen LogP contribution in [-0.2, 0) is 9.84 Å². The van der Waals surface area contributed by atoms with E-state index in [9.17, 15) is 8.42 Å². The summed E-state index contributed by atoms with van der Waals surface area (Å²) in [4.78, 5) is 0.188. The molecule has 1 atom stereocenters. The number of rotatable bonds is 4. The van der Waals surface area contributed by atoms with Crippen molar-refractivity contribution >= 4 is 21.4 Å². The van der Waals surface area contributed by atoms with Gasteiger partial charge in [-0.25, -0.2) is 8.42 Å². The first kappa shape index (κ1) is 11.9. The van der Waals surface area contributed by atoms with Crippen molar-refractivity contribution < 1.29 is 8.42 Å². The first-order chi connectivity index (χ1) is 7.50. The Hall–Kier alpha value is -0.580. The van der Waals surface area contributed by atoms with E-state index in [0.717, 1.165) is 12.8 Å². The van der Waals surface area contributed by atoms with Gasteiger partial charge in [0, 0.05) is 6.04 Å². The Morgan fingerprint density at radius 1 is 1.38 bits per heavy atom. The molecule has 1 aromatic carbocycles. The predicted octanol–water partition coefficient (Wildman–Crippen LogP) is 1.85. The summed E-state index contributed by atoms with van der Waals surface area (Å²) >= 11 is 5.87. The van der Waals surface area contributed by atoms with Gasteiger partial charge in [-0.1, -0.05) is 23.7 Å². The number of benzene rings is 1. The molecule has 1 saturated carbocycles. The highest BCUT2D eigenvalue weighted by Crippen LogP contribution is 2.33. The smallest absolute Gasteiger partial charge is 0.181 e. The standard InChI is InChI=1S/C11H14ClNO2S/c12-9-3-1-2-4-11(9)16(14,15)7-10(13)8-5-6-8/h1-4,8,10H,5-7,13H2. The third-order valence-corrected chi connectivity index (χ3v) is 5.10. The summed E-state index contributed by atoms with van der Waals surface area (Å²) in [7, 11) is -3.35. The highest BCUT2D eigenvalue weighted by Gasteiger charge is 2.32. The van der Waals surface area contributed by atoms with Gasteiger partial charge in [-0.15, -0.1) is 0 Å². The zero-order chi connectivity index (χ0) is 11.8. The molecule has 1 aliphatic rings. The van der Waals surface area contributed by atoms with E-state index in [-0.39, 0.29) is 21.7 Å². The highest BCUT2D eigenvalue weighted by molar-refractivity contribution is 7.91. The van der Waals surface area contributed by atoms with Gasteiger partial charge in [0.1, 0.15) is 0 Å². The summed E-state index contributed by atoms with van der Waals surface area (Å²) in [5.74, 6) is 0.360. The fourth-order valence-electron chi connectivity index (χ4n) is 1.70. The highest BCUT2D eigenvalue weighted by atomic mass is 35.5. The maximum absolute atomic E-state index is 12.0. The van der Waals surface area contributed by atoms with Crippen LogP contribution in [-0.4, -0.2) is 20.2 Å². The van der Waals surface area contributed by atoms with E-state index in [0.29, 0.717) is 5.92 Å². The van der Waals surface area contributed by atoms with Crippen LogP contribution < -0.4 is 5.73 Å². The molecule has 2 rings (SSSR count). The van der Waals surface area contributed by atoms with Gasteiger partial charge in [0.2, 0.25) is 0 Å². The Morgan fingerprint density at radius 3 is 2.56 bits per heavy atom. The Labute approximate surface area is 101 Å². The summed E-state index contributed by atoms with van der Waals surface area (Å²) in [6, 6.07) is 6.22. The molecule has 1 aliphatic carbocycles. The van der Waals surface area contributed by atoms with Crippen LogP contribution in [0.25, 0.3) is 0 Å². The lowest BCUT2D eigenvalue weighted by atomic mass is 10.2. The van der Waals surface area contributed by atoms with E-state index < -0.39 is 9.84 Å². The Bertz CT molecular complexity index is 483. The third-order valence-electron chi connectivity index (χ3n) is 2.81. The predicted molar refractivity (Wildman–Crippen MR) is 64.2 cm³/mol. The average molecular weight is 260 g/mol. The third kappa shape index (κ3) is 2.56. The van der Waals surface area contributed by atoms with Crippen molar-refractivity contribution in [1.29, 1.82) is 0 Å². The van der Waals surface area contributed by atoms with Crippen LogP contribution in [0.3, 0.4) is 0 Å². The Kier molecular flexibility index (Phi) is 3.24. The van der Waals surface area contributed by atoms with Crippen LogP contribution in [0.2, 0.25) is 5.02 Å². The van der Waals surface area contributed by atoms with Gasteiger partial charge >= 0.3 is 0 Å². The molecule has 0 bridgehead atoms. The number of halogens is 1. The molecule has 0 aromatic heterocycles. The van der Waals surface area contributed by atoms with Crippen LogP contribution in [0.4, 0.5) is 0 Å². The van der Waals surface area contributed by atoms with Crippen LogP contribution in [0.5, 0.6) is 0 Å². The lowest BCUT2D eigenvalue weighted by molar-refractivity contribution is 0.574. The van der Waals surface area contributed by atoms with E-state index in [4.69, 9.17) is 17.3 Å². The molecule has 5 heteroatoms. The molecular formula is C11H14ClNO2S. The molecular weight excluding hydrogens is 246 g/mol. The molecule has 0 heterocycles. The average Bonchev–Trinajstić information content (AvgIpc) is 3.00. The van der Waals surface area contributed by atoms with Gasteiger partial charge in [-0.05, 0) is 30.9 Å². The lowest BCUT2D eigenvalue weighted by Crippen LogP contribution is -2.31. The quantitative estimate of drug-likeness (QED) is 0.898. The zero-order valence-electron chi connectivity index (χ0n) is 8.77. The maximum Gasteiger partial charge on any atom is 0.181 e. The van der Waals surface area contributed by atoms with E-state index in [1.807, 2.05) is 0 Å². The van der Waals surface area contributed by atoms with E-state index in [1.54, 1.807) is 18.2 Å². The van der Waals surface area contributed by atoms with Gasteiger partial charge in [0.15, 0.2) is 9.84 Å². The minimum Gasteiger partial charge on any atom is -0.327 e. The molecule has 1 aromatic rings. The summed E-state index contributed by atoms with van der Waals surface area (Å²) in [5, 5.41) is 0.269. The van der Waals surface area contributed by atoms with Crippen molar-refractivity contribution in [1.82, 2.24) is 0 Å². The molecule has 0 amide bonds. The second kappa shape index (κ2) is 4.35. The van der Waals surface area contributed by atoms with Crippen LogP contribution in [0, 0.1) is 5.92 Å². The van der Waals surface area contributed by atoms with Crippen molar-refractivity contribution in [2.75, 3.05) is 5.75 Å². The molecule has 2 N–H and O–H groups in total. The normalized spacial score (nSPS) is 18.4. The summed E-state index contributed by atoms with van der Waals surface area (Å²) in [6.45, 7) is 0. The van der Waals surface area contributed by atoms with Crippen molar-refractivity contribution in [2.24, 2.45) is 11.7 Å². The lowest BCUT2D eigenvalue weighted by Gasteiger charge is -2.11. The van der Waals surface area contributed by atoms with Gasteiger partial charge in [0.05, 0.1) is 15.7 Å². The SMILES string of the molecule is NC(CS(=O)(=O)c1ccccc1Cl)C1CC1. The molecule has 3 nitrogen and oxygen atoms in total. The molecule has 16 heavy (non-hydrogen) atoms. The first-order valence-electron chi connectivity index (χ1n) is 5.23. The van der Waals surface area contributed by atoms with Crippen molar-refractivity contribution in [2.45, 2.75) is 23.8 Å². The summed E-state index contributed by atoms with van der Waals surface area (Å²) < 4.78 is 24.1. The van der Waals surface area contributed by atoms with Gasteiger partial charge in [-0.2, -0.15) is 0 Å². The first-order valence-corrected chi connectivity index (χ1v) is 7.26. The van der Waals surface area contributed by atoms with E-state index in [1.165, 1.54) is 6.07 Å². The fraction of sp³-hybridized carbons (Fsp3) is 0.455. The van der Waals surface area contributed by atoms with Crippen LogP contribution in [0.15, 0.2) is 29.2 Å². The minimum absolute atomic E-state index is 0.0125. The minimum atomic E-state index is -3.35. The Balaban J connectivity index is 2.21. The number of sulfone groups is 1. The molecule has 0 saturated heterocycles. The van der Waals surface area contributed by atoms with Crippen LogP contribution >= 0.6 is 11.6 Å². The topological polar surface area (TPSA) is 60.2 Å².